The Balaban J connectivity index is 2.14. The van der Waals surface area contributed by atoms with E-state index in [1.165, 1.54) is 5.56 Å². The van der Waals surface area contributed by atoms with Gasteiger partial charge in [-0.1, -0.05) is 37.3 Å². The number of hydrogen-bond acceptors (Lipinski definition) is 2. The van der Waals surface area contributed by atoms with Crippen LogP contribution in [0.5, 0.6) is 0 Å². The average Bonchev–Trinajstić information content (AvgIpc) is 2.78. The first-order valence-electron chi connectivity index (χ1n) is 5.63. The van der Waals surface area contributed by atoms with E-state index in [0.717, 1.165) is 18.5 Å². The quantitative estimate of drug-likeness (QED) is 0.850. The maximum Gasteiger partial charge on any atom is 0.0568 e. The topological polar surface area (TPSA) is 43.8 Å². The van der Waals surface area contributed by atoms with Gasteiger partial charge >= 0.3 is 0 Å². The summed E-state index contributed by atoms with van der Waals surface area (Å²) in [4.78, 5) is 0. The van der Waals surface area contributed by atoms with Crippen molar-refractivity contribution in [1.29, 1.82) is 0 Å². The molecule has 2 rings (SSSR count). The lowest BCUT2D eigenvalue weighted by atomic mass is 10.1. The smallest absolute Gasteiger partial charge is 0.0568 e. The summed E-state index contributed by atoms with van der Waals surface area (Å²) in [6.45, 7) is 2.87. The third-order valence-corrected chi connectivity index (χ3v) is 2.69. The van der Waals surface area contributed by atoms with Gasteiger partial charge in [0.05, 0.1) is 12.7 Å². The lowest BCUT2D eigenvalue weighted by molar-refractivity contribution is 0.500. The Labute approximate surface area is 95.9 Å². The molecule has 0 aliphatic rings. The molecule has 0 bridgehead atoms. The van der Waals surface area contributed by atoms with E-state index in [-0.39, 0.29) is 6.04 Å². The monoisotopic (exact) mass is 215 g/mol. The van der Waals surface area contributed by atoms with Crippen molar-refractivity contribution in [2.75, 3.05) is 0 Å². The fourth-order valence-electron chi connectivity index (χ4n) is 1.61. The minimum Gasteiger partial charge on any atom is -0.326 e. The van der Waals surface area contributed by atoms with Gasteiger partial charge in [-0.2, -0.15) is 5.10 Å². The van der Waals surface area contributed by atoms with Crippen LogP contribution < -0.4 is 5.73 Å². The Kier molecular flexibility index (Phi) is 3.37. The van der Waals surface area contributed by atoms with Gasteiger partial charge in [0.15, 0.2) is 0 Å². The second kappa shape index (κ2) is 4.94. The van der Waals surface area contributed by atoms with Crippen LogP contribution in [-0.2, 0) is 6.54 Å². The zero-order valence-electron chi connectivity index (χ0n) is 9.50. The molecule has 84 valence electrons. The van der Waals surface area contributed by atoms with E-state index < -0.39 is 0 Å². The summed E-state index contributed by atoms with van der Waals surface area (Å²) in [5.74, 6) is 0. The first kappa shape index (κ1) is 10.9. The van der Waals surface area contributed by atoms with Crippen LogP contribution in [0.1, 0.15) is 13.3 Å². The standard InChI is InChI=1S/C13H17N3/c1-2-13(14)10-16-9-12(8-15-16)11-6-4-3-5-7-11/h3-9,13H,2,10,14H2,1H3. The Morgan fingerprint density at radius 2 is 2.00 bits per heavy atom. The minimum atomic E-state index is 0.184. The summed E-state index contributed by atoms with van der Waals surface area (Å²) in [6.07, 6.45) is 4.91. The van der Waals surface area contributed by atoms with Crippen LogP contribution >= 0.6 is 0 Å². The molecule has 0 fully saturated rings. The van der Waals surface area contributed by atoms with Gasteiger partial charge in [-0.05, 0) is 12.0 Å². The lowest BCUT2D eigenvalue weighted by Crippen LogP contribution is -2.25. The van der Waals surface area contributed by atoms with Gasteiger partial charge in [-0.25, -0.2) is 0 Å². The maximum atomic E-state index is 5.89. The van der Waals surface area contributed by atoms with Crippen molar-refractivity contribution in [3.8, 4) is 11.1 Å². The minimum absolute atomic E-state index is 0.184. The molecule has 1 aromatic carbocycles. The highest BCUT2D eigenvalue weighted by molar-refractivity contribution is 5.61. The molecular weight excluding hydrogens is 198 g/mol. The second-order valence-electron chi connectivity index (χ2n) is 3.99. The zero-order valence-corrected chi connectivity index (χ0v) is 9.50. The molecule has 0 amide bonds. The fourth-order valence-corrected chi connectivity index (χ4v) is 1.61. The Hall–Kier alpha value is -1.61. The fraction of sp³-hybridized carbons (Fsp3) is 0.308. The number of benzene rings is 1. The molecule has 1 unspecified atom stereocenters. The van der Waals surface area contributed by atoms with E-state index in [1.54, 1.807) is 0 Å². The number of rotatable bonds is 4. The van der Waals surface area contributed by atoms with Crippen LogP contribution in [0.25, 0.3) is 11.1 Å². The third kappa shape index (κ3) is 2.49. The van der Waals surface area contributed by atoms with Gasteiger partial charge in [-0.3, -0.25) is 4.68 Å². The van der Waals surface area contributed by atoms with Gasteiger partial charge in [0, 0.05) is 17.8 Å². The van der Waals surface area contributed by atoms with E-state index in [1.807, 2.05) is 35.3 Å². The molecule has 0 aliphatic heterocycles. The third-order valence-electron chi connectivity index (χ3n) is 2.69. The zero-order chi connectivity index (χ0) is 11.4. The predicted molar refractivity (Wildman–Crippen MR) is 65.9 cm³/mol. The van der Waals surface area contributed by atoms with Gasteiger partial charge in [0.1, 0.15) is 0 Å². The summed E-state index contributed by atoms with van der Waals surface area (Å²) in [7, 11) is 0. The molecule has 0 saturated heterocycles. The van der Waals surface area contributed by atoms with Crippen molar-refractivity contribution in [3.63, 3.8) is 0 Å². The highest BCUT2D eigenvalue weighted by Crippen LogP contribution is 2.17. The summed E-state index contributed by atoms with van der Waals surface area (Å²) in [6, 6.07) is 10.4. The van der Waals surface area contributed by atoms with Crippen LogP contribution in [0, 0.1) is 0 Å². The molecular formula is C13H17N3. The van der Waals surface area contributed by atoms with Crippen LogP contribution in [-0.4, -0.2) is 15.8 Å². The molecule has 0 spiro atoms. The van der Waals surface area contributed by atoms with Crippen LogP contribution in [0.2, 0.25) is 0 Å². The van der Waals surface area contributed by atoms with E-state index >= 15 is 0 Å². The largest absolute Gasteiger partial charge is 0.326 e. The molecule has 0 radical (unpaired) electrons. The molecule has 2 N–H and O–H groups in total. The summed E-state index contributed by atoms with van der Waals surface area (Å²) < 4.78 is 1.91. The van der Waals surface area contributed by atoms with Gasteiger partial charge in [0.2, 0.25) is 0 Å². The predicted octanol–water partition coefficient (Wildman–Crippen LogP) is 2.29. The van der Waals surface area contributed by atoms with E-state index in [0.29, 0.717) is 0 Å². The van der Waals surface area contributed by atoms with Gasteiger partial charge < -0.3 is 5.73 Å². The Bertz CT molecular complexity index is 433. The van der Waals surface area contributed by atoms with E-state index in [4.69, 9.17) is 5.73 Å². The van der Waals surface area contributed by atoms with Crippen molar-refractivity contribution in [2.24, 2.45) is 5.73 Å². The van der Waals surface area contributed by atoms with Gasteiger partial charge in [-0.15, -0.1) is 0 Å². The second-order valence-corrected chi connectivity index (χ2v) is 3.99. The van der Waals surface area contributed by atoms with Crippen molar-refractivity contribution < 1.29 is 0 Å². The highest BCUT2D eigenvalue weighted by atomic mass is 15.3. The van der Waals surface area contributed by atoms with E-state index in [9.17, 15) is 0 Å². The molecule has 1 heterocycles. The highest BCUT2D eigenvalue weighted by Gasteiger charge is 2.04. The van der Waals surface area contributed by atoms with Crippen LogP contribution in [0.15, 0.2) is 42.7 Å². The molecule has 1 aromatic heterocycles. The molecule has 0 saturated carbocycles. The Morgan fingerprint density at radius 1 is 1.25 bits per heavy atom. The van der Waals surface area contributed by atoms with E-state index in [2.05, 4.69) is 24.2 Å². The molecule has 0 aliphatic carbocycles. The summed E-state index contributed by atoms with van der Waals surface area (Å²) in [5.41, 5.74) is 8.23. The summed E-state index contributed by atoms with van der Waals surface area (Å²) >= 11 is 0. The number of nitrogens with two attached hydrogens (primary N) is 1. The molecule has 16 heavy (non-hydrogen) atoms. The van der Waals surface area contributed by atoms with Crippen molar-refractivity contribution >= 4 is 0 Å². The maximum absolute atomic E-state index is 5.89. The molecule has 3 heteroatoms. The number of aromatic nitrogens is 2. The summed E-state index contributed by atoms with van der Waals surface area (Å²) in [5, 5.41) is 4.32. The van der Waals surface area contributed by atoms with Crippen LogP contribution in [0.3, 0.4) is 0 Å². The van der Waals surface area contributed by atoms with Crippen molar-refractivity contribution in [3.05, 3.63) is 42.7 Å². The molecule has 3 nitrogen and oxygen atoms in total. The first-order valence-corrected chi connectivity index (χ1v) is 5.63. The SMILES string of the molecule is CCC(N)Cn1cc(-c2ccccc2)cn1. The number of hydrogen-bond donors (Lipinski definition) is 1. The van der Waals surface area contributed by atoms with Crippen molar-refractivity contribution in [1.82, 2.24) is 9.78 Å². The number of nitrogens with zero attached hydrogens (tertiary/aromatic N) is 2. The van der Waals surface area contributed by atoms with Gasteiger partial charge in [0.25, 0.3) is 0 Å². The normalized spacial score (nSPS) is 12.6. The van der Waals surface area contributed by atoms with Crippen LogP contribution in [0.4, 0.5) is 0 Å². The Morgan fingerprint density at radius 3 is 2.69 bits per heavy atom. The first-order chi connectivity index (χ1) is 7.79. The molecule has 1 atom stereocenters. The average molecular weight is 215 g/mol. The van der Waals surface area contributed by atoms with Crippen molar-refractivity contribution in [2.45, 2.75) is 25.9 Å². The lowest BCUT2D eigenvalue weighted by Gasteiger charge is -2.07. The molecule has 2 aromatic rings.